The number of carbonyl (C=O) groups excluding carboxylic acids is 1. The molecule has 0 bridgehead atoms. The van der Waals surface area contributed by atoms with Crippen LogP contribution < -0.4 is 10.6 Å². The smallest absolute Gasteiger partial charge is 0.338 e. The summed E-state index contributed by atoms with van der Waals surface area (Å²) in [6.07, 6.45) is 0.701. The van der Waals surface area contributed by atoms with Crippen molar-refractivity contribution in [3.63, 3.8) is 0 Å². The van der Waals surface area contributed by atoms with Gasteiger partial charge in [0.15, 0.2) is 0 Å². The van der Waals surface area contributed by atoms with Crippen molar-refractivity contribution < 1.29 is 23.8 Å². The zero-order chi connectivity index (χ0) is 14.8. The Morgan fingerprint density at radius 2 is 2.20 bits per heavy atom. The number of aromatic carboxylic acids is 1. The number of urea groups is 1. The Morgan fingerprint density at radius 1 is 1.45 bits per heavy atom. The summed E-state index contributed by atoms with van der Waals surface area (Å²) < 4.78 is 18.7. The van der Waals surface area contributed by atoms with Crippen LogP contribution in [0, 0.1) is 5.82 Å². The maximum absolute atomic E-state index is 13.5. The Bertz CT molecular complexity index is 541. The molecule has 6 nitrogen and oxygen atoms in total. The van der Waals surface area contributed by atoms with E-state index in [0.29, 0.717) is 19.6 Å². The van der Waals surface area contributed by atoms with Crippen LogP contribution in [-0.2, 0) is 4.74 Å². The molecule has 108 valence electrons. The molecule has 1 unspecified atom stereocenters. The zero-order valence-electron chi connectivity index (χ0n) is 10.9. The van der Waals surface area contributed by atoms with Crippen molar-refractivity contribution in [2.45, 2.75) is 18.9 Å². The van der Waals surface area contributed by atoms with Crippen molar-refractivity contribution in [2.75, 3.05) is 18.5 Å². The number of rotatable bonds is 3. The second kappa shape index (κ2) is 5.46. The minimum absolute atomic E-state index is 0.188. The molecule has 1 heterocycles. The van der Waals surface area contributed by atoms with Crippen molar-refractivity contribution >= 4 is 17.7 Å². The normalized spacial score (nSPS) is 21.5. The summed E-state index contributed by atoms with van der Waals surface area (Å²) in [4.78, 5) is 22.5. The second-order valence-corrected chi connectivity index (χ2v) is 4.94. The molecule has 1 fully saturated rings. The van der Waals surface area contributed by atoms with Gasteiger partial charge in [-0.15, -0.1) is 0 Å². The molecule has 1 aliphatic heterocycles. The molecule has 1 saturated heterocycles. The molecule has 20 heavy (non-hydrogen) atoms. The van der Waals surface area contributed by atoms with Crippen LogP contribution in [0.2, 0.25) is 0 Å². The second-order valence-electron chi connectivity index (χ2n) is 4.94. The Hall–Kier alpha value is -2.15. The third kappa shape index (κ3) is 3.24. The van der Waals surface area contributed by atoms with Crippen LogP contribution in [0.15, 0.2) is 18.2 Å². The Balaban J connectivity index is 2.01. The van der Waals surface area contributed by atoms with Gasteiger partial charge in [0, 0.05) is 12.3 Å². The molecular formula is C13H15FN2O4. The molecule has 1 aliphatic rings. The first-order valence-corrected chi connectivity index (χ1v) is 6.09. The monoisotopic (exact) mass is 282 g/mol. The molecule has 2 rings (SSSR count). The standard InChI is InChI=1S/C13H15FN2O4/c1-13(4-5-20-7-13)16-12(19)15-8-2-3-9(11(17)18)10(14)6-8/h2-3,6H,4-5,7H2,1H3,(H,17,18)(H2,15,16,19). The van der Waals surface area contributed by atoms with Gasteiger partial charge in [0.05, 0.1) is 17.7 Å². The number of benzene rings is 1. The fourth-order valence-corrected chi connectivity index (χ4v) is 1.97. The van der Waals surface area contributed by atoms with E-state index in [9.17, 15) is 14.0 Å². The SMILES string of the molecule is CC1(NC(=O)Nc2ccc(C(=O)O)c(F)c2)CCOC1. The number of nitrogens with one attached hydrogen (secondary N) is 2. The lowest BCUT2D eigenvalue weighted by atomic mass is 10.0. The fraction of sp³-hybridized carbons (Fsp3) is 0.385. The number of hydrogen-bond donors (Lipinski definition) is 3. The minimum Gasteiger partial charge on any atom is -0.478 e. The molecule has 2 amide bonds. The van der Waals surface area contributed by atoms with Gasteiger partial charge in [0.1, 0.15) is 5.82 Å². The first kappa shape index (κ1) is 14.3. The van der Waals surface area contributed by atoms with E-state index < -0.39 is 28.9 Å². The van der Waals surface area contributed by atoms with Crippen LogP contribution in [0.25, 0.3) is 0 Å². The number of ether oxygens (including phenoxy) is 1. The van der Waals surface area contributed by atoms with Crippen LogP contribution in [-0.4, -0.2) is 35.9 Å². The summed E-state index contributed by atoms with van der Waals surface area (Å²) in [7, 11) is 0. The number of carboxylic acids is 1. The average Bonchev–Trinajstić information content (AvgIpc) is 2.74. The van der Waals surface area contributed by atoms with Crippen molar-refractivity contribution in [3.8, 4) is 0 Å². The number of carbonyl (C=O) groups is 2. The molecule has 7 heteroatoms. The van der Waals surface area contributed by atoms with Gasteiger partial charge in [0.2, 0.25) is 0 Å². The Labute approximate surface area is 114 Å². The number of anilines is 1. The molecule has 0 aliphatic carbocycles. The molecule has 0 radical (unpaired) electrons. The number of hydrogen-bond acceptors (Lipinski definition) is 3. The molecular weight excluding hydrogens is 267 g/mol. The van der Waals surface area contributed by atoms with E-state index in [0.717, 1.165) is 12.1 Å². The minimum atomic E-state index is -1.35. The van der Waals surface area contributed by atoms with Gasteiger partial charge >= 0.3 is 12.0 Å². The predicted octanol–water partition coefficient (Wildman–Crippen LogP) is 1.82. The lowest BCUT2D eigenvalue weighted by molar-refractivity contribution is 0.0692. The molecule has 1 atom stereocenters. The van der Waals surface area contributed by atoms with Crippen LogP contribution in [0.3, 0.4) is 0 Å². The van der Waals surface area contributed by atoms with E-state index in [2.05, 4.69) is 10.6 Å². The quantitative estimate of drug-likeness (QED) is 0.789. The molecule has 0 saturated carbocycles. The maximum atomic E-state index is 13.5. The summed E-state index contributed by atoms with van der Waals surface area (Å²) in [5.74, 6) is -2.25. The summed E-state index contributed by atoms with van der Waals surface area (Å²) in [6, 6.07) is 2.92. The first-order chi connectivity index (χ1) is 9.39. The van der Waals surface area contributed by atoms with Crippen molar-refractivity contribution in [1.29, 1.82) is 0 Å². The highest BCUT2D eigenvalue weighted by molar-refractivity contribution is 5.92. The summed E-state index contributed by atoms with van der Waals surface area (Å²) in [5.41, 5.74) is -0.691. The van der Waals surface area contributed by atoms with Gasteiger partial charge in [-0.2, -0.15) is 0 Å². The van der Waals surface area contributed by atoms with Crippen molar-refractivity contribution in [2.24, 2.45) is 0 Å². The number of halogens is 1. The van der Waals surface area contributed by atoms with E-state index in [1.807, 2.05) is 6.92 Å². The third-order valence-corrected chi connectivity index (χ3v) is 3.09. The van der Waals surface area contributed by atoms with Gasteiger partial charge in [0.25, 0.3) is 0 Å². The third-order valence-electron chi connectivity index (χ3n) is 3.09. The van der Waals surface area contributed by atoms with Gasteiger partial charge < -0.3 is 20.5 Å². The fourth-order valence-electron chi connectivity index (χ4n) is 1.97. The average molecular weight is 282 g/mol. The van der Waals surface area contributed by atoms with E-state index in [1.54, 1.807) is 0 Å². The van der Waals surface area contributed by atoms with Crippen LogP contribution in [0.1, 0.15) is 23.7 Å². The van der Waals surface area contributed by atoms with Crippen LogP contribution in [0.4, 0.5) is 14.9 Å². The number of amides is 2. The summed E-state index contributed by atoms with van der Waals surface area (Å²) in [6.45, 7) is 2.86. The molecule has 1 aromatic rings. The topological polar surface area (TPSA) is 87.7 Å². The van der Waals surface area contributed by atoms with Gasteiger partial charge in [-0.05, 0) is 31.5 Å². The zero-order valence-corrected chi connectivity index (χ0v) is 10.9. The van der Waals surface area contributed by atoms with Crippen LogP contribution in [0.5, 0.6) is 0 Å². The van der Waals surface area contributed by atoms with Crippen LogP contribution >= 0.6 is 0 Å². The Kier molecular flexibility index (Phi) is 3.89. The van der Waals surface area contributed by atoms with Gasteiger partial charge in [-0.1, -0.05) is 0 Å². The van der Waals surface area contributed by atoms with E-state index in [-0.39, 0.29) is 5.69 Å². The maximum Gasteiger partial charge on any atom is 0.338 e. The highest BCUT2D eigenvalue weighted by Gasteiger charge is 2.31. The van der Waals surface area contributed by atoms with Gasteiger partial charge in [-0.3, -0.25) is 0 Å². The lowest BCUT2D eigenvalue weighted by Crippen LogP contribution is -2.48. The van der Waals surface area contributed by atoms with E-state index in [4.69, 9.17) is 9.84 Å². The largest absolute Gasteiger partial charge is 0.478 e. The first-order valence-electron chi connectivity index (χ1n) is 6.09. The number of carboxylic acid groups (broad SMARTS) is 1. The molecule has 1 aromatic carbocycles. The summed E-state index contributed by atoms with van der Waals surface area (Å²) >= 11 is 0. The van der Waals surface area contributed by atoms with Crippen molar-refractivity contribution in [3.05, 3.63) is 29.6 Å². The molecule has 0 aromatic heterocycles. The predicted molar refractivity (Wildman–Crippen MR) is 69.4 cm³/mol. The highest BCUT2D eigenvalue weighted by Crippen LogP contribution is 2.18. The lowest BCUT2D eigenvalue weighted by Gasteiger charge is -2.23. The Morgan fingerprint density at radius 3 is 2.75 bits per heavy atom. The molecule has 0 spiro atoms. The molecule has 3 N–H and O–H groups in total. The van der Waals surface area contributed by atoms with E-state index in [1.165, 1.54) is 6.07 Å². The van der Waals surface area contributed by atoms with E-state index >= 15 is 0 Å². The highest BCUT2D eigenvalue weighted by atomic mass is 19.1. The van der Waals surface area contributed by atoms with Gasteiger partial charge in [-0.25, -0.2) is 14.0 Å². The summed E-state index contributed by atoms with van der Waals surface area (Å²) in [5, 5.41) is 13.9. The van der Waals surface area contributed by atoms with Crippen molar-refractivity contribution in [1.82, 2.24) is 5.32 Å².